The summed E-state index contributed by atoms with van der Waals surface area (Å²) in [4.78, 5) is 14.4. The number of rotatable bonds is 4. The van der Waals surface area contributed by atoms with Crippen LogP contribution in [0.2, 0.25) is 0 Å². The van der Waals surface area contributed by atoms with Crippen LogP contribution in [0.25, 0.3) is 0 Å². The van der Waals surface area contributed by atoms with E-state index in [-0.39, 0.29) is 23.9 Å². The standard InChI is InChI=1S/C15H20N2O3S/c1-11(10-21(2,19)20)17-13(12-6-4-3-5-7-12)16-15(8-9-15)14(17)18/h3-7,11,13,16H,8-10H2,1-2H3. The van der Waals surface area contributed by atoms with Crippen molar-refractivity contribution in [2.24, 2.45) is 0 Å². The maximum Gasteiger partial charge on any atom is 0.244 e. The third-order valence-corrected chi connectivity index (χ3v) is 5.31. The minimum atomic E-state index is -3.13. The number of hydrogen-bond donors (Lipinski definition) is 1. The van der Waals surface area contributed by atoms with Gasteiger partial charge in [0.2, 0.25) is 5.91 Å². The van der Waals surface area contributed by atoms with Crippen LogP contribution in [0.5, 0.6) is 0 Å². The Labute approximate surface area is 125 Å². The summed E-state index contributed by atoms with van der Waals surface area (Å²) < 4.78 is 23.1. The third-order valence-electron chi connectivity index (χ3n) is 4.22. The van der Waals surface area contributed by atoms with Crippen molar-refractivity contribution >= 4 is 15.7 Å². The molecule has 1 saturated carbocycles. The van der Waals surface area contributed by atoms with Crippen LogP contribution in [0.1, 0.15) is 31.5 Å². The Balaban J connectivity index is 1.92. The average molecular weight is 308 g/mol. The highest BCUT2D eigenvalue weighted by atomic mass is 32.2. The minimum absolute atomic E-state index is 0.0141. The van der Waals surface area contributed by atoms with Crippen molar-refractivity contribution in [1.29, 1.82) is 0 Å². The number of nitrogens with zero attached hydrogens (tertiary/aromatic N) is 1. The van der Waals surface area contributed by atoms with Crippen molar-refractivity contribution in [2.75, 3.05) is 12.0 Å². The lowest BCUT2D eigenvalue weighted by molar-refractivity contribution is -0.132. The van der Waals surface area contributed by atoms with Crippen molar-refractivity contribution in [3.05, 3.63) is 35.9 Å². The van der Waals surface area contributed by atoms with Gasteiger partial charge in [-0.25, -0.2) is 8.42 Å². The first kappa shape index (κ1) is 14.5. The van der Waals surface area contributed by atoms with Crippen LogP contribution in [0.3, 0.4) is 0 Å². The van der Waals surface area contributed by atoms with E-state index in [1.54, 1.807) is 11.8 Å². The Morgan fingerprint density at radius 1 is 1.33 bits per heavy atom. The van der Waals surface area contributed by atoms with E-state index < -0.39 is 15.4 Å². The molecule has 2 aliphatic rings. The maximum absolute atomic E-state index is 12.7. The summed E-state index contributed by atoms with van der Waals surface area (Å²) in [5.74, 6) is 0.0207. The van der Waals surface area contributed by atoms with Crippen molar-refractivity contribution in [2.45, 2.75) is 37.5 Å². The first-order chi connectivity index (χ1) is 9.82. The zero-order chi connectivity index (χ0) is 15.3. The molecule has 1 aliphatic carbocycles. The Morgan fingerprint density at radius 3 is 2.48 bits per heavy atom. The summed E-state index contributed by atoms with van der Waals surface area (Å²) in [6.45, 7) is 1.80. The first-order valence-corrected chi connectivity index (χ1v) is 9.22. The smallest absolute Gasteiger partial charge is 0.244 e. The van der Waals surface area contributed by atoms with Gasteiger partial charge in [0.1, 0.15) is 21.5 Å². The summed E-state index contributed by atoms with van der Waals surface area (Å²) in [6, 6.07) is 9.37. The predicted octanol–water partition coefficient (Wildman–Crippen LogP) is 1.08. The van der Waals surface area contributed by atoms with E-state index in [2.05, 4.69) is 5.32 Å². The number of carbonyl (C=O) groups is 1. The average Bonchev–Trinajstić information content (AvgIpc) is 3.11. The zero-order valence-electron chi connectivity index (χ0n) is 12.2. The van der Waals surface area contributed by atoms with Gasteiger partial charge in [0.15, 0.2) is 0 Å². The SMILES string of the molecule is CC(CS(C)(=O)=O)N1C(=O)C2(CC2)NC1c1ccccc1. The highest BCUT2D eigenvalue weighted by Crippen LogP contribution is 2.46. The van der Waals surface area contributed by atoms with Gasteiger partial charge in [0.25, 0.3) is 0 Å². The second-order valence-corrected chi connectivity index (χ2v) is 8.38. The lowest BCUT2D eigenvalue weighted by atomic mass is 10.1. The molecule has 0 bridgehead atoms. The van der Waals surface area contributed by atoms with Gasteiger partial charge in [0, 0.05) is 12.3 Å². The van der Waals surface area contributed by atoms with Crippen molar-refractivity contribution in [1.82, 2.24) is 10.2 Å². The molecule has 2 unspecified atom stereocenters. The summed E-state index contributed by atoms with van der Waals surface area (Å²) in [5, 5.41) is 3.41. The molecule has 3 rings (SSSR count). The van der Waals surface area contributed by atoms with Crippen LogP contribution in [-0.4, -0.2) is 42.8 Å². The molecule has 1 aliphatic heterocycles. The first-order valence-electron chi connectivity index (χ1n) is 7.16. The molecule has 5 nitrogen and oxygen atoms in total. The van der Waals surface area contributed by atoms with Gasteiger partial charge in [0.05, 0.1) is 5.75 Å². The Bertz CT molecular complexity index is 653. The van der Waals surface area contributed by atoms with Gasteiger partial charge in [-0.2, -0.15) is 0 Å². The molecule has 1 aromatic rings. The number of sulfone groups is 1. The van der Waals surface area contributed by atoms with E-state index in [0.717, 1.165) is 18.4 Å². The number of amides is 1. The normalized spacial score (nSPS) is 25.3. The van der Waals surface area contributed by atoms with Crippen LogP contribution in [0.15, 0.2) is 30.3 Å². The van der Waals surface area contributed by atoms with E-state index >= 15 is 0 Å². The van der Waals surface area contributed by atoms with E-state index in [1.807, 2.05) is 30.3 Å². The van der Waals surface area contributed by atoms with Gasteiger partial charge in [-0.15, -0.1) is 0 Å². The molecule has 1 aromatic carbocycles. The van der Waals surface area contributed by atoms with Crippen molar-refractivity contribution < 1.29 is 13.2 Å². The summed E-state index contributed by atoms with van der Waals surface area (Å²) in [5.41, 5.74) is 0.543. The van der Waals surface area contributed by atoms with Crippen LogP contribution in [-0.2, 0) is 14.6 Å². The fourth-order valence-corrected chi connectivity index (χ4v) is 4.13. The Kier molecular flexibility index (Phi) is 3.33. The quantitative estimate of drug-likeness (QED) is 0.904. The molecule has 2 atom stereocenters. The molecular weight excluding hydrogens is 288 g/mol. The van der Waals surface area contributed by atoms with Gasteiger partial charge in [-0.05, 0) is 25.3 Å². The van der Waals surface area contributed by atoms with E-state index in [9.17, 15) is 13.2 Å². The van der Waals surface area contributed by atoms with Gasteiger partial charge < -0.3 is 4.90 Å². The number of carbonyl (C=O) groups excluding carboxylic acids is 1. The molecule has 6 heteroatoms. The third kappa shape index (κ3) is 2.70. The largest absolute Gasteiger partial charge is 0.318 e. The molecule has 1 N–H and O–H groups in total. The van der Waals surface area contributed by atoms with Gasteiger partial charge in [-0.3, -0.25) is 10.1 Å². The number of hydrogen-bond acceptors (Lipinski definition) is 4. The van der Waals surface area contributed by atoms with Crippen LogP contribution in [0, 0.1) is 0 Å². The maximum atomic E-state index is 12.7. The van der Waals surface area contributed by atoms with Crippen molar-refractivity contribution in [3.63, 3.8) is 0 Å². The molecule has 2 fully saturated rings. The zero-order valence-corrected chi connectivity index (χ0v) is 13.1. The fraction of sp³-hybridized carbons (Fsp3) is 0.533. The van der Waals surface area contributed by atoms with E-state index in [0.29, 0.717) is 0 Å². The summed E-state index contributed by atoms with van der Waals surface area (Å²) >= 11 is 0. The second-order valence-electron chi connectivity index (χ2n) is 6.19. The van der Waals surface area contributed by atoms with Crippen molar-refractivity contribution in [3.8, 4) is 0 Å². The van der Waals surface area contributed by atoms with E-state index in [1.165, 1.54) is 6.26 Å². The summed E-state index contributed by atoms with van der Waals surface area (Å²) in [7, 11) is -3.13. The monoisotopic (exact) mass is 308 g/mol. The van der Waals surface area contributed by atoms with Gasteiger partial charge >= 0.3 is 0 Å². The number of benzene rings is 1. The van der Waals surface area contributed by atoms with E-state index in [4.69, 9.17) is 0 Å². The molecule has 1 amide bonds. The topological polar surface area (TPSA) is 66.5 Å². The fourth-order valence-electron chi connectivity index (χ4n) is 3.09. The lowest BCUT2D eigenvalue weighted by Crippen LogP contribution is -2.42. The lowest BCUT2D eigenvalue weighted by Gasteiger charge is -2.30. The van der Waals surface area contributed by atoms with Crippen LogP contribution < -0.4 is 5.32 Å². The highest BCUT2D eigenvalue weighted by molar-refractivity contribution is 7.90. The Hall–Kier alpha value is -1.40. The van der Waals surface area contributed by atoms with Crippen LogP contribution >= 0.6 is 0 Å². The predicted molar refractivity (Wildman–Crippen MR) is 80.3 cm³/mol. The van der Waals surface area contributed by atoms with Crippen LogP contribution in [0.4, 0.5) is 0 Å². The molecule has 21 heavy (non-hydrogen) atoms. The van der Waals surface area contributed by atoms with Gasteiger partial charge in [-0.1, -0.05) is 30.3 Å². The Morgan fingerprint density at radius 2 is 1.95 bits per heavy atom. The molecular formula is C15H20N2O3S. The second kappa shape index (κ2) is 4.81. The molecule has 0 aromatic heterocycles. The highest BCUT2D eigenvalue weighted by Gasteiger charge is 2.60. The minimum Gasteiger partial charge on any atom is -0.318 e. The molecule has 1 saturated heterocycles. The molecule has 1 heterocycles. The molecule has 114 valence electrons. The number of nitrogens with one attached hydrogen (secondary N) is 1. The molecule has 1 spiro atoms. The summed E-state index contributed by atoms with van der Waals surface area (Å²) in [6.07, 6.45) is 2.63. The molecule has 0 radical (unpaired) electrons.